The second kappa shape index (κ2) is 7.43. The largest absolute Gasteiger partial charge is 0.330 e. The molecule has 148 valence electrons. The number of hydrogen-bond donors (Lipinski definition) is 0. The Hall–Kier alpha value is -3.44. The first kappa shape index (κ1) is 18.6. The molecule has 5 rings (SSSR count). The summed E-state index contributed by atoms with van der Waals surface area (Å²) in [7, 11) is 0. The fourth-order valence-electron chi connectivity index (χ4n) is 3.80. The molecule has 30 heavy (non-hydrogen) atoms. The van der Waals surface area contributed by atoms with Crippen molar-refractivity contribution >= 4 is 33.5 Å². The van der Waals surface area contributed by atoms with Crippen molar-refractivity contribution < 1.29 is 4.39 Å². The summed E-state index contributed by atoms with van der Waals surface area (Å²) in [6.07, 6.45) is 1.54. The number of halogens is 2. The SMILES string of the molecule is O=c1c2c(ncn1Cc1ccccc1)c1cc(F)ccc1n2Cc1ccc(Cl)cc1. The summed E-state index contributed by atoms with van der Waals surface area (Å²) in [5.74, 6) is -0.358. The fraction of sp³-hybridized carbons (Fsp3) is 0.0833. The normalized spacial score (nSPS) is 11.4. The Balaban J connectivity index is 1.73. The Morgan fingerprint density at radius 3 is 2.40 bits per heavy atom. The first-order chi connectivity index (χ1) is 14.6. The predicted molar refractivity (Wildman–Crippen MR) is 118 cm³/mol. The maximum atomic E-state index is 14.0. The second-order valence-corrected chi connectivity index (χ2v) is 7.67. The van der Waals surface area contributed by atoms with Crippen LogP contribution in [-0.4, -0.2) is 14.1 Å². The summed E-state index contributed by atoms with van der Waals surface area (Å²) in [5, 5.41) is 1.28. The molecular formula is C24H17ClFN3O. The van der Waals surface area contributed by atoms with E-state index < -0.39 is 0 Å². The maximum Gasteiger partial charge on any atom is 0.278 e. The minimum absolute atomic E-state index is 0.158. The minimum atomic E-state index is -0.358. The molecule has 0 aliphatic rings. The highest BCUT2D eigenvalue weighted by molar-refractivity contribution is 6.30. The van der Waals surface area contributed by atoms with E-state index in [4.69, 9.17) is 11.6 Å². The third kappa shape index (κ3) is 3.27. The number of fused-ring (bicyclic) bond motifs is 3. The predicted octanol–water partition coefficient (Wildman–Crippen LogP) is 5.24. The van der Waals surface area contributed by atoms with Crippen LogP contribution in [0.5, 0.6) is 0 Å². The molecule has 0 aliphatic carbocycles. The van der Waals surface area contributed by atoms with Crippen LogP contribution in [0.15, 0.2) is 83.9 Å². The molecule has 0 saturated heterocycles. The van der Waals surface area contributed by atoms with E-state index in [1.807, 2.05) is 59.2 Å². The zero-order valence-corrected chi connectivity index (χ0v) is 16.7. The van der Waals surface area contributed by atoms with Gasteiger partial charge in [0.1, 0.15) is 16.9 Å². The van der Waals surface area contributed by atoms with E-state index in [0.717, 1.165) is 16.6 Å². The summed E-state index contributed by atoms with van der Waals surface area (Å²) in [6, 6.07) is 21.8. The number of hydrogen-bond acceptors (Lipinski definition) is 2. The topological polar surface area (TPSA) is 39.8 Å². The van der Waals surface area contributed by atoms with Gasteiger partial charge in [0.15, 0.2) is 0 Å². The van der Waals surface area contributed by atoms with Crippen molar-refractivity contribution in [3.8, 4) is 0 Å². The fourth-order valence-corrected chi connectivity index (χ4v) is 3.93. The van der Waals surface area contributed by atoms with Crippen molar-refractivity contribution in [2.75, 3.05) is 0 Å². The van der Waals surface area contributed by atoms with Gasteiger partial charge in [0, 0.05) is 17.0 Å². The van der Waals surface area contributed by atoms with E-state index in [2.05, 4.69) is 4.98 Å². The van der Waals surface area contributed by atoms with Crippen molar-refractivity contribution in [2.45, 2.75) is 13.1 Å². The Morgan fingerprint density at radius 2 is 1.63 bits per heavy atom. The van der Waals surface area contributed by atoms with E-state index in [0.29, 0.717) is 34.5 Å². The van der Waals surface area contributed by atoms with Gasteiger partial charge in [-0.1, -0.05) is 54.1 Å². The van der Waals surface area contributed by atoms with E-state index >= 15 is 0 Å². The van der Waals surface area contributed by atoms with E-state index in [1.54, 1.807) is 10.6 Å². The van der Waals surface area contributed by atoms with Gasteiger partial charge < -0.3 is 4.57 Å². The molecule has 2 heterocycles. The lowest BCUT2D eigenvalue weighted by Gasteiger charge is -2.09. The molecule has 0 aliphatic heterocycles. The lowest BCUT2D eigenvalue weighted by atomic mass is 10.2. The molecule has 0 atom stereocenters. The summed E-state index contributed by atoms with van der Waals surface area (Å²) >= 11 is 6.01. The molecule has 6 heteroatoms. The molecule has 0 radical (unpaired) electrons. The van der Waals surface area contributed by atoms with E-state index in [-0.39, 0.29) is 11.4 Å². The Morgan fingerprint density at radius 1 is 0.900 bits per heavy atom. The molecular weight excluding hydrogens is 401 g/mol. The van der Waals surface area contributed by atoms with Crippen molar-refractivity contribution in [3.63, 3.8) is 0 Å². The average molecular weight is 418 g/mol. The smallest absolute Gasteiger partial charge is 0.278 e. The van der Waals surface area contributed by atoms with Crippen LogP contribution in [0.2, 0.25) is 5.02 Å². The van der Waals surface area contributed by atoms with E-state index in [1.165, 1.54) is 18.5 Å². The molecule has 5 aromatic rings. The molecule has 0 amide bonds. The second-order valence-electron chi connectivity index (χ2n) is 7.23. The standard InChI is InChI=1S/C24H17ClFN3O/c25-18-8-6-17(7-9-18)14-29-21-11-10-19(26)12-20(21)22-23(29)24(30)28(15-27-22)13-16-4-2-1-3-5-16/h1-12,15H,13-14H2. The van der Waals surface area contributed by atoms with Gasteiger partial charge in [-0.2, -0.15) is 0 Å². The molecule has 0 spiro atoms. The summed E-state index contributed by atoms with van der Waals surface area (Å²) in [6.45, 7) is 0.870. The highest BCUT2D eigenvalue weighted by atomic mass is 35.5. The van der Waals surface area contributed by atoms with Crippen LogP contribution in [0, 0.1) is 5.82 Å². The third-order valence-corrected chi connectivity index (χ3v) is 5.49. The summed E-state index contributed by atoms with van der Waals surface area (Å²) in [5.41, 5.74) is 3.57. The minimum Gasteiger partial charge on any atom is -0.330 e. The van der Waals surface area contributed by atoms with Crippen molar-refractivity contribution in [1.29, 1.82) is 0 Å². The van der Waals surface area contributed by atoms with Gasteiger partial charge in [-0.25, -0.2) is 9.37 Å². The van der Waals surface area contributed by atoms with Gasteiger partial charge in [0.05, 0.1) is 18.4 Å². The first-order valence-electron chi connectivity index (χ1n) is 9.55. The Bertz CT molecular complexity index is 1420. The number of rotatable bonds is 4. The van der Waals surface area contributed by atoms with Crippen LogP contribution in [0.1, 0.15) is 11.1 Å². The highest BCUT2D eigenvalue weighted by Crippen LogP contribution is 2.27. The van der Waals surface area contributed by atoms with Crippen molar-refractivity contribution in [2.24, 2.45) is 0 Å². The zero-order valence-electron chi connectivity index (χ0n) is 15.9. The third-order valence-electron chi connectivity index (χ3n) is 5.24. The van der Waals surface area contributed by atoms with Crippen LogP contribution in [0.25, 0.3) is 21.9 Å². The molecule has 0 bridgehead atoms. The number of nitrogens with zero attached hydrogens (tertiary/aromatic N) is 3. The molecule has 0 saturated carbocycles. The average Bonchev–Trinajstić information content (AvgIpc) is 3.06. The summed E-state index contributed by atoms with van der Waals surface area (Å²) in [4.78, 5) is 18.0. The summed E-state index contributed by atoms with van der Waals surface area (Å²) < 4.78 is 17.5. The van der Waals surface area contributed by atoms with Gasteiger partial charge in [-0.15, -0.1) is 0 Å². The van der Waals surface area contributed by atoms with Gasteiger partial charge >= 0.3 is 0 Å². The van der Waals surface area contributed by atoms with Crippen LogP contribution in [0.3, 0.4) is 0 Å². The number of benzene rings is 3. The van der Waals surface area contributed by atoms with Gasteiger partial charge in [0.2, 0.25) is 0 Å². The highest BCUT2D eigenvalue weighted by Gasteiger charge is 2.17. The lowest BCUT2D eigenvalue weighted by Crippen LogP contribution is -2.23. The maximum absolute atomic E-state index is 14.0. The monoisotopic (exact) mass is 417 g/mol. The molecule has 2 aromatic heterocycles. The molecule has 0 unspecified atom stereocenters. The molecule has 0 fully saturated rings. The van der Waals surface area contributed by atoms with Crippen LogP contribution in [-0.2, 0) is 13.1 Å². The van der Waals surface area contributed by atoms with Gasteiger partial charge in [0.25, 0.3) is 5.56 Å². The Kier molecular flexibility index (Phi) is 4.60. The zero-order chi connectivity index (χ0) is 20.7. The van der Waals surface area contributed by atoms with Crippen molar-refractivity contribution in [3.05, 3.63) is 111 Å². The molecule has 3 aromatic carbocycles. The Labute approximate surface area is 176 Å². The van der Waals surface area contributed by atoms with Crippen LogP contribution >= 0.6 is 11.6 Å². The quantitative estimate of drug-likeness (QED) is 0.401. The van der Waals surface area contributed by atoms with Crippen molar-refractivity contribution in [1.82, 2.24) is 14.1 Å². The van der Waals surface area contributed by atoms with Gasteiger partial charge in [-0.3, -0.25) is 9.36 Å². The van der Waals surface area contributed by atoms with E-state index in [9.17, 15) is 9.18 Å². The molecule has 0 N–H and O–H groups in total. The molecule has 4 nitrogen and oxygen atoms in total. The number of aromatic nitrogens is 3. The van der Waals surface area contributed by atoms with Crippen LogP contribution in [0.4, 0.5) is 4.39 Å². The first-order valence-corrected chi connectivity index (χ1v) is 9.93. The lowest BCUT2D eigenvalue weighted by molar-refractivity contribution is 0.629. The van der Waals surface area contributed by atoms with Gasteiger partial charge in [-0.05, 0) is 41.5 Å². The van der Waals surface area contributed by atoms with Crippen LogP contribution < -0.4 is 5.56 Å².